The van der Waals surface area contributed by atoms with Gasteiger partial charge in [-0.15, -0.1) is 0 Å². The Morgan fingerprint density at radius 3 is 2.55 bits per heavy atom. The van der Waals surface area contributed by atoms with E-state index < -0.39 is 0 Å². The monoisotopic (exact) mass is 424 g/mol. The maximum atomic E-state index is 13.0. The van der Waals surface area contributed by atoms with Gasteiger partial charge in [-0.2, -0.15) is 0 Å². The number of rotatable bonds is 8. The quantitative estimate of drug-likeness (QED) is 0.632. The van der Waals surface area contributed by atoms with Crippen molar-refractivity contribution in [3.05, 3.63) is 51.8 Å². The Balaban J connectivity index is 1.85. The van der Waals surface area contributed by atoms with Crippen LogP contribution in [0.1, 0.15) is 57.1 Å². The molecule has 1 aliphatic rings. The van der Waals surface area contributed by atoms with E-state index in [0.717, 1.165) is 22.6 Å². The van der Waals surface area contributed by atoms with Crippen molar-refractivity contribution >= 4 is 17.5 Å². The smallest absolute Gasteiger partial charge is 0.254 e. The number of nitrogens with zero attached hydrogens (tertiary/aromatic N) is 2. The van der Waals surface area contributed by atoms with E-state index in [9.17, 15) is 9.59 Å². The Bertz CT molecular complexity index is 1050. The van der Waals surface area contributed by atoms with Crippen molar-refractivity contribution in [2.24, 2.45) is 0 Å². The van der Waals surface area contributed by atoms with E-state index in [-0.39, 0.29) is 24.1 Å². The molecule has 0 bridgehead atoms. The Kier molecular flexibility index (Phi) is 6.58. The van der Waals surface area contributed by atoms with Crippen molar-refractivity contribution in [2.45, 2.75) is 34.2 Å². The van der Waals surface area contributed by atoms with Gasteiger partial charge in [0, 0.05) is 30.3 Å². The number of hydrogen-bond acceptors (Lipinski definition) is 6. The number of ether oxygens (including phenoxy) is 2. The standard InChI is InChI=1S/C23H28N4O4/c1-6-30-19-9-8-15(10-16(19)23(29)25-5)18(28)12-27-11-17-13(3)21(31-7-2)14(4)26-20(17)22(27)24/h8-10,24H,6-7,11-12H2,1-5H3,(H,25,29). The fraction of sp³-hybridized carbons (Fsp3) is 0.391. The van der Waals surface area contributed by atoms with Crippen LogP contribution in [0.2, 0.25) is 0 Å². The van der Waals surface area contributed by atoms with Crippen molar-refractivity contribution in [1.82, 2.24) is 15.2 Å². The molecule has 0 saturated carbocycles. The summed E-state index contributed by atoms with van der Waals surface area (Å²) >= 11 is 0. The molecule has 8 heteroatoms. The first-order valence-corrected chi connectivity index (χ1v) is 10.3. The molecule has 1 amide bonds. The molecule has 3 rings (SSSR count). The number of fused-ring (bicyclic) bond motifs is 1. The minimum Gasteiger partial charge on any atom is -0.493 e. The summed E-state index contributed by atoms with van der Waals surface area (Å²) in [7, 11) is 1.53. The van der Waals surface area contributed by atoms with Crippen LogP contribution >= 0.6 is 0 Å². The van der Waals surface area contributed by atoms with Crippen molar-refractivity contribution in [3.8, 4) is 11.5 Å². The van der Waals surface area contributed by atoms with Crippen LogP contribution in [0.5, 0.6) is 11.5 Å². The van der Waals surface area contributed by atoms with Crippen molar-refractivity contribution in [1.29, 1.82) is 5.41 Å². The highest BCUT2D eigenvalue weighted by molar-refractivity contribution is 6.06. The number of nitrogens with one attached hydrogen (secondary N) is 2. The summed E-state index contributed by atoms with van der Waals surface area (Å²) in [6, 6.07) is 4.82. The highest BCUT2D eigenvalue weighted by Crippen LogP contribution is 2.32. The summed E-state index contributed by atoms with van der Waals surface area (Å²) in [5.41, 5.74) is 3.88. The molecule has 0 unspecified atom stereocenters. The van der Waals surface area contributed by atoms with Gasteiger partial charge >= 0.3 is 0 Å². The van der Waals surface area contributed by atoms with Crippen molar-refractivity contribution < 1.29 is 19.1 Å². The normalized spacial score (nSPS) is 12.5. The molecular formula is C23H28N4O4. The molecule has 164 valence electrons. The lowest BCUT2D eigenvalue weighted by molar-refractivity contribution is 0.0959. The molecule has 0 aliphatic carbocycles. The average molecular weight is 425 g/mol. The summed E-state index contributed by atoms with van der Waals surface area (Å²) < 4.78 is 11.2. The molecule has 31 heavy (non-hydrogen) atoms. The fourth-order valence-corrected chi connectivity index (χ4v) is 3.73. The zero-order chi connectivity index (χ0) is 22.7. The lowest BCUT2D eigenvalue weighted by atomic mass is 10.0. The van der Waals surface area contributed by atoms with Gasteiger partial charge in [-0.1, -0.05) is 0 Å². The zero-order valence-electron chi connectivity index (χ0n) is 18.6. The van der Waals surface area contributed by atoms with Gasteiger partial charge < -0.3 is 19.7 Å². The first-order valence-electron chi connectivity index (χ1n) is 10.3. The lowest BCUT2D eigenvalue weighted by Crippen LogP contribution is -2.30. The van der Waals surface area contributed by atoms with Gasteiger partial charge in [-0.25, -0.2) is 4.98 Å². The van der Waals surface area contributed by atoms with Crippen LogP contribution in [-0.4, -0.2) is 54.2 Å². The van der Waals surface area contributed by atoms with Crippen molar-refractivity contribution in [3.63, 3.8) is 0 Å². The van der Waals surface area contributed by atoms with Gasteiger partial charge in [0.1, 0.15) is 23.0 Å². The van der Waals surface area contributed by atoms with E-state index in [1.54, 1.807) is 23.1 Å². The molecule has 2 N–H and O–H groups in total. The Morgan fingerprint density at radius 2 is 1.90 bits per heavy atom. The van der Waals surface area contributed by atoms with Crippen LogP contribution in [0.25, 0.3) is 0 Å². The van der Waals surface area contributed by atoms with Crippen LogP contribution in [0.4, 0.5) is 0 Å². The van der Waals surface area contributed by atoms with Gasteiger partial charge in [-0.05, 0) is 45.9 Å². The van der Waals surface area contributed by atoms with Gasteiger partial charge in [0.2, 0.25) is 0 Å². The van der Waals surface area contributed by atoms with Crippen LogP contribution in [-0.2, 0) is 6.54 Å². The van der Waals surface area contributed by atoms with Crippen LogP contribution in [0, 0.1) is 19.3 Å². The van der Waals surface area contributed by atoms with Crippen LogP contribution in [0.15, 0.2) is 18.2 Å². The largest absolute Gasteiger partial charge is 0.493 e. The van der Waals surface area contributed by atoms with Gasteiger partial charge in [0.25, 0.3) is 5.91 Å². The first-order chi connectivity index (χ1) is 14.8. The molecule has 1 aromatic carbocycles. The third-order valence-electron chi connectivity index (χ3n) is 5.27. The second kappa shape index (κ2) is 9.16. The van der Waals surface area contributed by atoms with E-state index in [1.807, 2.05) is 27.7 Å². The molecule has 1 aromatic heterocycles. The predicted molar refractivity (Wildman–Crippen MR) is 117 cm³/mol. The number of Topliss-reactive ketones (excluding diaryl/α,β-unsaturated/α-hetero) is 1. The maximum Gasteiger partial charge on any atom is 0.254 e. The molecule has 0 fully saturated rings. The van der Waals surface area contributed by atoms with E-state index in [0.29, 0.717) is 42.3 Å². The number of pyridine rings is 1. The Morgan fingerprint density at radius 1 is 1.19 bits per heavy atom. The lowest BCUT2D eigenvalue weighted by Gasteiger charge is -2.17. The van der Waals surface area contributed by atoms with Gasteiger partial charge in [0.15, 0.2) is 5.78 Å². The number of aromatic nitrogens is 1. The van der Waals surface area contributed by atoms with Crippen LogP contribution in [0.3, 0.4) is 0 Å². The molecule has 0 atom stereocenters. The van der Waals surface area contributed by atoms with Gasteiger partial charge in [0.05, 0.1) is 31.0 Å². The molecule has 1 aliphatic heterocycles. The average Bonchev–Trinajstić information content (AvgIpc) is 3.06. The molecule has 0 saturated heterocycles. The minimum absolute atomic E-state index is 0.0127. The Labute approximate surface area is 182 Å². The molecule has 0 spiro atoms. The SMILES string of the molecule is CCOc1ccc(C(=O)CN2Cc3c(nc(C)c(OCC)c3C)C2=N)cc1C(=O)NC. The molecular weight excluding hydrogens is 396 g/mol. The fourth-order valence-electron chi connectivity index (χ4n) is 3.73. The molecule has 0 radical (unpaired) electrons. The number of amides is 1. The summed E-state index contributed by atoms with van der Waals surface area (Å²) in [4.78, 5) is 31.5. The summed E-state index contributed by atoms with van der Waals surface area (Å²) in [6.45, 7) is 8.94. The number of aryl methyl sites for hydroxylation is 1. The predicted octanol–water partition coefficient (Wildman–Crippen LogP) is 2.88. The summed E-state index contributed by atoms with van der Waals surface area (Å²) in [5, 5.41) is 11.1. The second-order valence-electron chi connectivity index (χ2n) is 7.26. The second-order valence-corrected chi connectivity index (χ2v) is 7.26. The van der Waals surface area contributed by atoms with E-state index >= 15 is 0 Å². The number of hydrogen-bond donors (Lipinski definition) is 2. The van der Waals surface area contributed by atoms with E-state index in [1.165, 1.54) is 7.05 Å². The van der Waals surface area contributed by atoms with Gasteiger partial charge in [-0.3, -0.25) is 15.0 Å². The number of ketones is 1. The minimum atomic E-state index is -0.321. The highest BCUT2D eigenvalue weighted by atomic mass is 16.5. The highest BCUT2D eigenvalue weighted by Gasteiger charge is 2.31. The molecule has 2 heterocycles. The zero-order valence-corrected chi connectivity index (χ0v) is 18.6. The van der Waals surface area contributed by atoms with Crippen molar-refractivity contribution in [2.75, 3.05) is 26.8 Å². The summed E-state index contributed by atoms with van der Waals surface area (Å²) in [5.74, 6) is 0.876. The molecule has 8 nitrogen and oxygen atoms in total. The first kappa shape index (κ1) is 22.3. The number of amidine groups is 1. The van der Waals surface area contributed by atoms with E-state index in [2.05, 4.69) is 10.3 Å². The maximum absolute atomic E-state index is 13.0. The number of carbonyl (C=O) groups excluding carboxylic acids is 2. The number of benzene rings is 1. The topological polar surface area (TPSA) is 105 Å². The third kappa shape index (κ3) is 4.23. The molecule has 2 aromatic rings. The number of carbonyl (C=O) groups is 2. The third-order valence-corrected chi connectivity index (χ3v) is 5.27. The van der Waals surface area contributed by atoms with E-state index in [4.69, 9.17) is 14.9 Å². The summed E-state index contributed by atoms with van der Waals surface area (Å²) in [6.07, 6.45) is 0. The Hall–Kier alpha value is -3.42. The van der Waals surface area contributed by atoms with Crippen LogP contribution < -0.4 is 14.8 Å².